The van der Waals surface area contributed by atoms with Crippen molar-refractivity contribution in [3.8, 4) is 5.75 Å². The van der Waals surface area contributed by atoms with Crippen molar-refractivity contribution >= 4 is 0 Å². The number of fused-ring (bicyclic) bond motifs is 1. The highest BCUT2D eigenvalue weighted by Crippen LogP contribution is 2.29. The van der Waals surface area contributed by atoms with Gasteiger partial charge in [0.05, 0.1) is 30.9 Å². The van der Waals surface area contributed by atoms with Crippen LogP contribution in [0.25, 0.3) is 0 Å². The fourth-order valence-corrected chi connectivity index (χ4v) is 3.43. The molecule has 3 heterocycles. The molecule has 1 saturated heterocycles. The molecule has 6 heteroatoms. The smallest absolute Gasteiger partial charge is 0.119 e. The van der Waals surface area contributed by atoms with Crippen LogP contribution in [0.15, 0.2) is 30.6 Å². The molecule has 1 unspecified atom stereocenters. The first-order valence-electron chi connectivity index (χ1n) is 8.66. The van der Waals surface area contributed by atoms with Gasteiger partial charge in [-0.1, -0.05) is 12.1 Å². The normalized spacial score (nSPS) is 21.4. The maximum atomic E-state index is 5.98. The fourth-order valence-electron chi connectivity index (χ4n) is 3.43. The van der Waals surface area contributed by atoms with Gasteiger partial charge in [0.15, 0.2) is 0 Å². The lowest BCUT2D eigenvalue weighted by atomic mass is 9.92. The van der Waals surface area contributed by atoms with Crippen LogP contribution in [0.2, 0.25) is 0 Å². The molecule has 128 valence electrons. The standard InChI is InChI=1S/C18H24N4O2/c1-2-14(16-11-19-12-17-18(16)21-13-20-17)10-15(3-1)24-9-6-22-4-7-23-8-5-22/h1-3,10,13,16,19H,4-9,11-12H2,(H,20,21). The Morgan fingerprint density at radius 2 is 2.21 bits per heavy atom. The van der Waals surface area contributed by atoms with Crippen molar-refractivity contribution in [3.63, 3.8) is 0 Å². The maximum absolute atomic E-state index is 5.98. The number of nitrogens with zero attached hydrogens (tertiary/aromatic N) is 2. The van der Waals surface area contributed by atoms with Gasteiger partial charge in [0.25, 0.3) is 0 Å². The molecule has 24 heavy (non-hydrogen) atoms. The van der Waals surface area contributed by atoms with Gasteiger partial charge in [0.2, 0.25) is 0 Å². The van der Waals surface area contributed by atoms with Gasteiger partial charge in [0, 0.05) is 38.6 Å². The second kappa shape index (κ2) is 7.34. The largest absolute Gasteiger partial charge is 0.492 e. The Morgan fingerprint density at radius 3 is 3.12 bits per heavy atom. The van der Waals surface area contributed by atoms with Crippen LogP contribution in [0.4, 0.5) is 0 Å². The lowest BCUT2D eigenvalue weighted by Crippen LogP contribution is -2.38. The van der Waals surface area contributed by atoms with Gasteiger partial charge in [-0.15, -0.1) is 0 Å². The van der Waals surface area contributed by atoms with E-state index in [1.165, 1.54) is 11.3 Å². The Kier molecular flexibility index (Phi) is 4.78. The molecule has 0 radical (unpaired) electrons. The maximum Gasteiger partial charge on any atom is 0.119 e. The van der Waals surface area contributed by atoms with E-state index < -0.39 is 0 Å². The Bertz CT molecular complexity index is 667. The van der Waals surface area contributed by atoms with Crippen molar-refractivity contribution in [2.75, 3.05) is 46.0 Å². The zero-order valence-corrected chi connectivity index (χ0v) is 13.8. The summed E-state index contributed by atoms with van der Waals surface area (Å²) in [5.41, 5.74) is 3.59. The number of morpholine rings is 1. The molecule has 4 rings (SSSR count). The molecular formula is C18H24N4O2. The van der Waals surface area contributed by atoms with Crippen LogP contribution < -0.4 is 10.1 Å². The molecule has 0 bridgehead atoms. The Hall–Kier alpha value is -1.89. The van der Waals surface area contributed by atoms with Crippen LogP contribution in [-0.2, 0) is 11.3 Å². The van der Waals surface area contributed by atoms with Crippen molar-refractivity contribution < 1.29 is 9.47 Å². The minimum atomic E-state index is 0.280. The number of H-pyrrole nitrogens is 1. The minimum Gasteiger partial charge on any atom is -0.492 e. The van der Waals surface area contributed by atoms with Gasteiger partial charge in [-0.3, -0.25) is 4.90 Å². The van der Waals surface area contributed by atoms with E-state index in [4.69, 9.17) is 9.47 Å². The van der Waals surface area contributed by atoms with E-state index in [9.17, 15) is 0 Å². The summed E-state index contributed by atoms with van der Waals surface area (Å²) in [6, 6.07) is 8.41. The molecule has 0 spiro atoms. The summed E-state index contributed by atoms with van der Waals surface area (Å²) < 4.78 is 11.4. The topological polar surface area (TPSA) is 62.4 Å². The minimum absolute atomic E-state index is 0.280. The van der Waals surface area contributed by atoms with Crippen LogP contribution in [0.5, 0.6) is 5.75 Å². The first-order chi connectivity index (χ1) is 11.9. The third-order valence-electron chi connectivity index (χ3n) is 4.77. The highest BCUT2D eigenvalue weighted by atomic mass is 16.5. The van der Waals surface area contributed by atoms with E-state index in [1.54, 1.807) is 6.33 Å². The van der Waals surface area contributed by atoms with E-state index in [0.29, 0.717) is 6.61 Å². The van der Waals surface area contributed by atoms with Crippen LogP contribution in [-0.4, -0.2) is 60.9 Å². The van der Waals surface area contributed by atoms with Gasteiger partial charge in [-0.25, -0.2) is 4.98 Å². The molecule has 1 atom stereocenters. The average molecular weight is 328 g/mol. The summed E-state index contributed by atoms with van der Waals surface area (Å²) in [5, 5.41) is 3.45. The molecule has 2 aliphatic heterocycles. The molecule has 6 nitrogen and oxygen atoms in total. The van der Waals surface area contributed by atoms with Crippen LogP contribution in [0.3, 0.4) is 0 Å². The molecule has 1 fully saturated rings. The Morgan fingerprint density at radius 1 is 1.29 bits per heavy atom. The van der Waals surface area contributed by atoms with Gasteiger partial charge < -0.3 is 19.8 Å². The first-order valence-corrected chi connectivity index (χ1v) is 8.66. The number of rotatable bonds is 5. The second-order valence-electron chi connectivity index (χ2n) is 6.32. The predicted molar refractivity (Wildman–Crippen MR) is 91.3 cm³/mol. The zero-order valence-electron chi connectivity index (χ0n) is 13.8. The third kappa shape index (κ3) is 3.45. The lowest BCUT2D eigenvalue weighted by Gasteiger charge is -2.26. The molecule has 0 aliphatic carbocycles. The summed E-state index contributed by atoms with van der Waals surface area (Å²) in [6.45, 7) is 7.09. The lowest BCUT2D eigenvalue weighted by molar-refractivity contribution is 0.0322. The predicted octanol–water partition coefficient (Wildman–Crippen LogP) is 1.36. The van der Waals surface area contributed by atoms with Crippen molar-refractivity contribution in [1.82, 2.24) is 20.2 Å². The zero-order chi connectivity index (χ0) is 16.2. The van der Waals surface area contributed by atoms with E-state index in [2.05, 4.69) is 38.4 Å². The number of nitrogens with one attached hydrogen (secondary N) is 2. The van der Waals surface area contributed by atoms with E-state index >= 15 is 0 Å². The van der Waals surface area contributed by atoms with Crippen LogP contribution in [0.1, 0.15) is 22.9 Å². The third-order valence-corrected chi connectivity index (χ3v) is 4.77. The van der Waals surface area contributed by atoms with Gasteiger partial charge in [0.1, 0.15) is 12.4 Å². The monoisotopic (exact) mass is 328 g/mol. The molecular weight excluding hydrogens is 304 g/mol. The van der Waals surface area contributed by atoms with Crippen LogP contribution in [0, 0.1) is 0 Å². The van der Waals surface area contributed by atoms with Crippen LogP contribution >= 0.6 is 0 Å². The first kappa shape index (κ1) is 15.6. The summed E-state index contributed by atoms with van der Waals surface area (Å²) >= 11 is 0. The van der Waals surface area contributed by atoms with Gasteiger partial charge in [-0.05, 0) is 17.7 Å². The van der Waals surface area contributed by atoms with Gasteiger partial charge in [-0.2, -0.15) is 0 Å². The average Bonchev–Trinajstić information content (AvgIpc) is 3.12. The van der Waals surface area contributed by atoms with E-state index in [0.717, 1.165) is 57.4 Å². The van der Waals surface area contributed by atoms with Crippen molar-refractivity contribution in [1.29, 1.82) is 0 Å². The molecule has 0 saturated carbocycles. The van der Waals surface area contributed by atoms with Gasteiger partial charge >= 0.3 is 0 Å². The molecule has 1 aromatic carbocycles. The molecule has 1 aromatic heterocycles. The SMILES string of the molecule is c1cc(OCCN2CCOCC2)cc(C2CNCc3[nH]cnc32)c1. The van der Waals surface area contributed by atoms with Crippen molar-refractivity contribution in [3.05, 3.63) is 47.5 Å². The van der Waals surface area contributed by atoms with Crippen molar-refractivity contribution in [2.45, 2.75) is 12.5 Å². The molecule has 2 aromatic rings. The number of aromatic nitrogens is 2. The molecule has 2 aliphatic rings. The highest BCUT2D eigenvalue weighted by Gasteiger charge is 2.24. The van der Waals surface area contributed by atoms with Crippen molar-refractivity contribution in [2.24, 2.45) is 0 Å². The summed E-state index contributed by atoms with van der Waals surface area (Å²) in [4.78, 5) is 10.1. The number of aromatic amines is 1. The number of hydrogen-bond acceptors (Lipinski definition) is 5. The second-order valence-corrected chi connectivity index (χ2v) is 6.32. The fraction of sp³-hybridized carbons (Fsp3) is 0.500. The quantitative estimate of drug-likeness (QED) is 0.868. The summed E-state index contributed by atoms with van der Waals surface area (Å²) in [5.74, 6) is 1.21. The number of imidazole rings is 1. The Labute approximate surface area is 142 Å². The molecule has 2 N–H and O–H groups in total. The number of hydrogen-bond donors (Lipinski definition) is 2. The summed E-state index contributed by atoms with van der Waals surface area (Å²) in [6.07, 6.45) is 1.79. The molecule has 0 amide bonds. The van der Waals surface area contributed by atoms with E-state index in [1.807, 2.05) is 6.07 Å². The Balaban J connectivity index is 1.39. The number of benzene rings is 1. The number of ether oxygens (including phenoxy) is 2. The highest BCUT2D eigenvalue weighted by molar-refractivity contribution is 5.37. The summed E-state index contributed by atoms with van der Waals surface area (Å²) in [7, 11) is 0. The van der Waals surface area contributed by atoms with E-state index in [-0.39, 0.29) is 5.92 Å².